The minimum atomic E-state index is -1.18. The molecule has 0 saturated carbocycles. The monoisotopic (exact) mass is 366 g/mol. The van der Waals surface area contributed by atoms with Crippen molar-refractivity contribution in [1.82, 2.24) is 15.7 Å². The van der Waals surface area contributed by atoms with Gasteiger partial charge in [0, 0.05) is 25.6 Å². The van der Waals surface area contributed by atoms with Crippen LogP contribution in [0.25, 0.3) is 11.1 Å². The van der Waals surface area contributed by atoms with E-state index in [1.807, 2.05) is 54.6 Å². The van der Waals surface area contributed by atoms with E-state index >= 15 is 0 Å². The second-order valence-electron chi connectivity index (χ2n) is 7.14. The van der Waals surface area contributed by atoms with Gasteiger partial charge in [0.2, 0.25) is 5.91 Å². The normalized spacial score (nSPS) is 27.3. The fourth-order valence-corrected chi connectivity index (χ4v) is 4.13. The van der Waals surface area contributed by atoms with Crippen molar-refractivity contribution in [3.63, 3.8) is 0 Å². The van der Waals surface area contributed by atoms with Crippen LogP contribution in [0.3, 0.4) is 0 Å². The second-order valence-corrected chi connectivity index (χ2v) is 7.14. The highest BCUT2D eigenvalue weighted by atomic mass is 16.5. The Morgan fingerprint density at radius 1 is 1.11 bits per heavy atom. The maximum absolute atomic E-state index is 13.2. The van der Waals surface area contributed by atoms with Gasteiger partial charge in [-0.05, 0) is 16.7 Å². The van der Waals surface area contributed by atoms with E-state index in [9.17, 15) is 9.59 Å². The van der Waals surface area contributed by atoms with Crippen molar-refractivity contribution >= 4 is 11.8 Å². The SMILES string of the molecule is N[C@@]1(c2ccc(-c3ccccc3)cc2)CC2CNC[C@H](C(=O)NO)N2C1=O. The predicted molar refractivity (Wildman–Crippen MR) is 99.6 cm³/mol. The number of nitrogens with zero attached hydrogens (tertiary/aromatic N) is 1. The van der Waals surface area contributed by atoms with E-state index in [0.29, 0.717) is 13.0 Å². The summed E-state index contributed by atoms with van der Waals surface area (Å²) >= 11 is 0. The van der Waals surface area contributed by atoms with Gasteiger partial charge in [-0.15, -0.1) is 0 Å². The molecule has 4 rings (SSSR count). The summed E-state index contributed by atoms with van der Waals surface area (Å²) in [6, 6.07) is 16.7. The molecule has 0 bridgehead atoms. The van der Waals surface area contributed by atoms with Crippen molar-refractivity contribution in [3.8, 4) is 11.1 Å². The number of carbonyl (C=O) groups is 2. The van der Waals surface area contributed by atoms with Gasteiger partial charge in [-0.1, -0.05) is 54.6 Å². The second kappa shape index (κ2) is 6.77. The Kier molecular flexibility index (Phi) is 4.43. The highest BCUT2D eigenvalue weighted by molar-refractivity contribution is 5.95. The summed E-state index contributed by atoms with van der Waals surface area (Å²) in [5.74, 6) is -0.890. The van der Waals surface area contributed by atoms with Crippen molar-refractivity contribution in [1.29, 1.82) is 0 Å². The van der Waals surface area contributed by atoms with Crippen molar-refractivity contribution in [3.05, 3.63) is 60.2 Å². The number of benzene rings is 2. The van der Waals surface area contributed by atoms with Crippen LogP contribution < -0.4 is 16.5 Å². The lowest BCUT2D eigenvalue weighted by molar-refractivity contribution is -0.146. The van der Waals surface area contributed by atoms with Gasteiger partial charge >= 0.3 is 0 Å². The molecule has 2 saturated heterocycles. The zero-order valence-corrected chi connectivity index (χ0v) is 14.8. The van der Waals surface area contributed by atoms with E-state index < -0.39 is 17.5 Å². The Balaban J connectivity index is 1.64. The van der Waals surface area contributed by atoms with Crippen molar-refractivity contribution in [2.45, 2.75) is 24.0 Å². The number of nitrogens with one attached hydrogen (secondary N) is 2. The molecule has 140 valence electrons. The number of hydrogen-bond acceptors (Lipinski definition) is 5. The lowest BCUT2D eigenvalue weighted by atomic mass is 9.87. The van der Waals surface area contributed by atoms with E-state index in [0.717, 1.165) is 16.7 Å². The fourth-order valence-electron chi connectivity index (χ4n) is 4.13. The van der Waals surface area contributed by atoms with Crippen LogP contribution >= 0.6 is 0 Å². The van der Waals surface area contributed by atoms with E-state index in [2.05, 4.69) is 5.32 Å². The Morgan fingerprint density at radius 3 is 2.44 bits per heavy atom. The molecule has 2 amide bonds. The molecule has 7 heteroatoms. The zero-order valence-electron chi connectivity index (χ0n) is 14.8. The summed E-state index contributed by atoms with van der Waals surface area (Å²) < 4.78 is 0. The van der Waals surface area contributed by atoms with E-state index in [1.165, 1.54) is 4.90 Å². The van der Waals surface area contributed by atoms with Gasteiger partial charge in [-0.3, -0.25) is 14.8 Å². The Hall–Kier alpha value is -2.74. The number of nitrogens with two attached hydrogens (primary N) is 1. The van der Waals surface area contributed by atoms with Crippen molar-refractivity contribution < 1.29 is 14.8 Å². The smallest absolute Gasteiger partial charge is 0.267 e. The number of amides is 2. The van der Waals surface area contributed by atoms with Gasteiger partial charge in [-0.2, -0.15) is 0 Å². The minimum Gasteiger partial charge on any atom is -0.323 e. The Morgan fingerprint density at radius 2 is 1.78 bits per heavy atom. The number of piperazine rings is 1. The third kappa shape index (κ3) is 2.90. The van der Waals surface area contributed by atoms with E-state index in [-0.39, 0.29) is 18.5 Å². The first-order valence-corrected chi connectivity index (χ1v) is 8.97. The third-order valence-electron chi connectivity index (χ3n) is 5.54. The maximum atomic E-state index is 13.2. The van der Waals surface area contributed by atoms with E-state index in [4.69, 9.17) is 10.9 Å². The molecule has 2 aliphatic heterocycles. The summed E-state index contributed by atoms with van der Waals surface area (Å²) in [4.78, 5) is 26.6. The average Bonchev–Trinajstić information content (AvgIpc) is 2.99. The van der Waals surface area contributed by atoms with Crippen LogP contribution in [0, 0.1) is 0 Å². The van der Waals surface area contributed by atoms with Crippen LogP contribution in [-0.4, -0.2) is 47.1 Å². The van der Waals surface area contributed by atoms with Crippen LogP contribution in [0.15, 0.2) is 54.6 Å². The highest BCUT2D eigenvalue weighted by Crippen LogP contribution is 2.38. The molecular weight excluding hydrogens is 344 g/mol. The minimum absolute atomic E-state index is 0.188. The topological polar surface area (TPSA) is 108 Å². The third-order valence-corrected chi connectivity index (χ3v) is 5.54. The predicted octanol–water partition coefficient (Wildman–Crippen LogP) is 0.586. The van der Waals surface area contributed by atoms with Gasteiger partial charge in [0.05, 0.1) is 0 Å². The fraction of sp³-hybridized carbons (Fsp3) is 0.300. The molecular formula is C20H22N4O3. The molecule has 3 atom stereocenters. The van der Waals surface area contributed by atoms with Gasteiger partial charge in [-0.25, -0.2) is 5.48 Å². The summed E-state index contributed by atoms with van der Waals surface area (Å²) in [5, 5.41) is 12.1. The van der Waals surface area contributed by atoms with Gasteiger partial charge in [0.1, 0.15) is 11.6 Å². The zero-order chi connectivity index (χ0) is 19.0. The average molecular weight is 366 g/mol. The van der Waals surface area contributed by atoms with E-state index in [1.54, 1.807) is 5.48 Å². The molecule has 27 heavy (non-hydrogen) atoms. The van der Waals surface area contributed by atoms with Gasteiger partial charge in [0.15, 0.2) is 0 Å². The van der Waals surface area contributed by atoms with Crippen LogP contribution in [0.2, 0.25) is 0 Å². The number of fused-ring (bicyclic) bond motifs is 1. The summed E-state index contributed by atoms with van der Waals surface area (Å²) in [6.45, 7) is 0.861. The molecule has 2 aliphatic rings. The molecule has 0 radical (unpaired) electrons. The Labute approximate surface area is 157 Å². The van der Waals surface area contributed by atoms with Crippen LogP contribution in [0.1, 0.15) is 12.0 Å². The summed E-state index contributed by atoms with van der Waals surface area (Å²) in [7, 11) is 0. The molecule has 7 nitrogen and oxygen atoms in total. The van der Waals surface area contributed by atoms with Crippen LogP contribution in [0.4, 0.5) is 0 Å². The largest absolute Gasteiger partial charge is 0.323 e. The molecule has 2 heterocycles. The number of hydroxylamine groups is 1. The maximum Gasteiger partial charge on any atom is 0.267 e. The quantitative estimate of drug-likeness (QED) is 0.470. The number of hydrogen-bond donors (Lipinski definition) is 4. The summed E-state index contributed by atoms with van der Waals surface area (Å²) in [6.07, 6.45) is 0.415. The molecule has 0 aromatic heterocycles. The lowest BCUT2D eigenvalue weighted by Gasteiger charge is -2.36. The Bertz CT molecular complexity index is 855. The van der Waals surface area contributed by atoms with Crippen molar-refractivity contribution in [2.24, 2.45) is 5.73 Å². The van der Waals surface area contributed by atoms with Crippen molar-refractivity contribution in [2.75, 3.05) is 13.1 Å². The van der Waals surface area contributed by atoms with Gasteiger partial charge in [0.25, 0.3) is 5.91 Å². The first-order valence-electron chi connectivity index (χ1n) is 8.97. The molecule has 0 aliphatic carbocycles. The molecule has 2 aromatic rings. The standard InChI is InChI=1S/C20H22N4O3/c21-20(15-8-6-14(7-9-15)13-4-2-1-3-5-13)10-16-11-22-12-17(18(25)23-27)24(16)19(20)26/h1-9,16-17,22,27H,10-12,21H2,(H,23,25)/t16?,17-,20-/m1/s1. The highest BCUT2D eigenvalue weighted by Gasteiger charge is 2.54. The molecule has 0 spiro atoms. The van der Waals surface area contributed by atoms with Crippen LogP contribution in [0.5, 0.6) is 0 Å². The van der Waals surface area contributed by atoms with Gasteiger partial charge < -0.3 is 16.0 Å². The molecule has 5 N–H and O–H groups in total. The number of carbonyl (C=O) groups excluding carboxylic acids is 2. The van der Waals surface area contributed by atoms with Crippen LogP contribution in [-0.2, 0) is 15.1 Å². The molecule has 2 aromatic carbocycles. The summed E-state index contributed by atoms with van der Waals surface area (Å²) in [5.41, 5.74) is 9.89. The lowest BCUT2D eigenvalue weighted by Crippen LogP contribution is -2.61. The molecule has 1 unspecified atom stereocenters. The molecule has 2 fully saturated rings. The first kappa shape index (κ1) is 17.7. The number of rotatable bonds is 3. The first-order chi connectivity index (χ1) is 13.0.